The molecule has 0 bridgehead atoms. The quantitative estimate of drug-likeness (QED) is 0.434. The van der Waals surface area contributed by atoms with E-state index in [0.29, 0.717) is 66.0 Å². The molecule has 0 aliphatic heterocycles. The average molecular weight is 321 g/mol. The summed E-state index contributed by atoms with van der Waals surface area (Å²) >= 11 is 0. The zero-order valence-electron chi connectivity index (χ0n) is 14.6. The van der Waals surface area contributed by atoms with Gasteiger partial charge in [-0.1, -0.05) is 20.8 Å². The number of nitrogens with two attached hydrogens (primary N) is 1. The molecule has 0 aromatic rings. The second kappa shape index (κ2) is 15.6. The van der Waals surface area contributed by atoms with Crippen LogP contribution in [0.1, 0.15) is 27.2 Å². The van der Waals surface area contributed by atoms with Gasteiger partial charge in [0.05, 0.1) is 52.9 Å². The molecule has 0 saturated heterocycles. The molecule has 0 aromatic carbocycles. The number of hydrogen-bond donors (Lipinski definition) is 1. The standard InChI is InChI=1S/C16H35NO5/c1-16(2,3)15-22-14-13-21-12-10-19-7-4-6-18-9-11-20-8-5-17/h4-15,17H2,1-3H3. The van der Waals surface area contributed by atoms with Gasteiger partial charge in [-0.05, 0) is 11.8 Å². The summed E-state index contributed by atoms with van der Waals surface area (Å²) in [5.74, 6) is 0. The SMILES string of the molecule is CC(C)(C)COCCOCCOCCCOCCOCCN. The first-order chi connectivity index (χ1) is 10.6. The minimum atomic E-state index is 0.210. The second-order valence-electron chi connectivity index (χ2n) is 6.20. The molecule has 0 amide bonds. The highest BCUT2D eigenvalue weighted by Gasteiger charge is 2.09. The van der Waals surface area contributed by atoms with Crippen molar-refractivity contribution in [3.05, 3.63) is 0 Å². The van der Waals surface area contributed by atoms with Crippen molar-refractivity contribution >= 4 is 0 Å². The molecule has 0 saturated carbocycles. The van der Waals surface area contributed by atoms with Crippen LogP contribution in [-0.4, -0.2) is 72.6 Å². The molecule has 0 aliphatic carbocycles. The molecule has 0 fully saturated rings. The van der Waals surface area contributed by atoms with E-state index in [1.54, 1.807) is 0 Å². The van der Waals surface area contributed by atoms with E-state index in [2.05, 4.69) is 20.8 Å². The first-order valence-corrected chi connectivity index (χ1v) is 8.15. The van der Waals surface area contributed by atoms with Crippen molar-refractivity contribution in [3.8, 4) is 0 Å². The van der Waals surface area contributed by atoms with Gasteiger partial charge in [0, 0.05) is 19.8 Å². The molecule has 0 heterocycles. The highest BCUT2D eigenvalue weighted by molar-refractivity contribution is 4.58. The summed E-state index contributed by atoms with van der Waals surface area (Å²) in [4.78, 5) is 0. The summed E-state index contributed by atoms with van der Waals surface area (Å²) in [6.45, 7) is 13.4. The summed E-state index contributed by atoms with van der Waals surface area (Å²) in [6.07, 6.45) is 0.881. The van der Waals surface area contributed by atoms with Gasteiger partial charge < -0.3 is 29.4 Å². The Hall–Kier alpha value is -0.240. The highest BCUT2D eigenvalue weighted by atomic mass is 16.5. The summed E-state index contributed by atoms with van der Waals surface area (Å²) in [6, 6.07) is 0. The van der Waals surface area contributed by atoms with Crippen LogP contribution in [0, 0.1) is 5.41 Å². The smallest absolute Gasteiger partial charge is 0.0701 e. The summed E-state index contributed by atoms with van der Waals surface area (Å²) in [5, 5.41) is 0. The van der Waals surface area contributed by atoms with Crippen LogP contribution in [0.4, 0.5) is 0 Å². The molecule has 134 valence electrons. The van der Waals surface area contributed by atoms with Gasteiger partial charge in [0.2, 0.25) is 0 Å². The van der Waals surface area contributed by atoms with E-state index >= 15 is 0 Å². The molecule has 2 N–H and O–H groups in total. The molecule has 0 atom stereocenters. The van der Waals surface area contributed by atoms with Gasteiger partial charge in [0.25, 0.3) is 0 Å². The second-order valence-corrected chi connectivity index (χ2v) is 6.20. The van der Waals surface area contributed by atoms with Crippen LogP contribution in [0.15, 0.2) is 0 Å². The molecule has 0 rings (SSSR count). The van der Waals surface area contributed by atoms with Crippen molar-refractivity contribution in [2.24, 2.45) is 11.1 Å². The van der Waals surface area contributed by atoms with E-state index in [1.807, 2.05) is 0 Å². The fourth-order valence-corrected chi connectivity index (χ4v) is 1.49. The lowest BCUT2D eigenvalue weighted by Gasteiger charge is -2.17. The number of hydrogen-bond acceptors (Lipinski definition) is 6. The predicted octanol–water partition coefficient (Wildman–Crippen LogP) is 1.46. The van der Waals surface area contributed by atoms with Gasteiger partial charge in [0.1, 0.15) is 0 Å². The Morgan fingerprint density at radius 1 is 0.591 bits per heavy atom. The van der Waals surface area contributed by atoms with Gasteiger partial charge in [-0.2, -0.15) is 0 Å². The predicted molar refractivity (Wildman–Crippen MR) is 87.2 cm³/mol. The van der Waals surface area contributed by atoms with Gasteiger partial charge in [0.15, 0.2) is 0 Å². The number of ether oxygens (including phenoxy) is 5. The molecule has 0 aromatic heterocycles. The Kier molecular flexibility index (Phi) is 15.5. The Morgan fingerprint density at radius 2 is 1.00 bits per heavy atom. The van der Waals surface area contributed by atoms with Crippen LogP contribution in [0.25, 0.3) is 0 Å². The van der Waals surface area contributed by atoms with E-state index in [-0.39, 0.29) is 5.41 Å². The maximum atomic E-state index is 5.51. The lowest BCUT2D eigenvalue weighted by molar-refractivity contribution is -0.00501. The van der Waals surface area contributed by atoms with Crippen LogP contribution in [0.2, 0.25) is 0 Å². The van der Waals surface area contributed by atoms with Gasteiger partial charge in [-0.25, -0.2) is 0 Å². The van der Waals surface area contributed by atoms with Crippen LogP contribution < -0.4 is 5.73 Å². The largest absolute Gasteiger partial charge is 0.379 e. The molecule has 0 spiro atoms. The van der Waals surface area contributed by atoms with Crippen LogP contribution in [0.3, 0.4) is 0 Å². The maximum Gasteiger partial charge on any atom is 0.0701 e. The zero-order valence-corrected chi connectivity index (χ0v) is 14.6. The fraction of sp³-hybridized carbons (Fsp3) is 1.00. The minimum absolute atomic E-state index is 0.210. The summed E-state index contributed by atoms with van der Waals surface area (Å²) < 4.78 is 27.0. The molecule has 0 aliphatic rings. The van der Waals surface area contributed by atoms with Crippen molar-refractivity contribution < 1.29 is 23.7 Å². The van der Waals surface area contributed by atoms with Crippen LogP contribution >= 0.6 is 0 Å². The first kappa shape index (κ1) is 21.8. The molecule has 22 heavy (non-hydrogen) atoms. The van der Waals surface area contributed by atoms with E-state index in [4.69, 9.17) is 29.4 Å². The maximum absolute atomic E-state index is 5.51. The normalized spacial score (nSPS) is 12.0. The Balaban J connectivity index is 3.00. The third kappa shape index (κ3) is 19.8. The third-order valence-electron chi connectivity index (χ3n) is 2.49. The first-order valence-electron chi connectivity index (χ1n) is 8.15. The third-order valence-corrected chi connectivity index (χ3v) is 2.49. The summed E-state index contributed by atoms with van der Waals surface area (Å²) in [7, 11) is 0. The monoisotopic (exact) mass is 321 g/mol. The van der Waals surface area contributed by atoms with E-state index < -0.39 is 0 Å². The van der Waals surface area contributed by atoms with E-state index in [9.17, 15) is 0 Å². The molecule has 6 nitrogen and oxygen atoms in total. The molecule has 0 radical (unpaired) electrons. The zero-order chi connectivity index (χ0) is 16.5. The van der Waals surface area contributed by atoms with E-state index in [1.165, 1.54) is 0 Å². The molecule has 6 heteroatoms. The lowest BCUT2D eigenvalue weighted by atomic mass is 9.99. The molecular formula is C16H35NO5. The fourth-order valence-electron chi connectivity index (χ4n) is 1.49. The Bertz CT molecular complexity index is 221. The summed E-state index contributed by atoms with van der Waals surface area (Å²) in [5.41, 5.74) is 5.51. The molecule has 0 unspecified atom stereocenters. The van der Waals surface area contributed by atoms with Gasteiger partial charge >= 0.3 is 0 Å². The Labute approximate surface area is 135 Å². The van der Waals surface area contributed by atoms with Crippen molar-refractivity contribution in [2.75, 3.05) is 72.6 Å². The van der Waals surface area contributed by atoms with Crippen molar-refractivity contribution in [1.29, 1.82) is 0 Å². The highest BCUT2D eigenvalue weighted by Crippen LogP contribution is 2.12. The molecular weight excluding hydrogens is 286 g/mol. The Morgan fingerprint density at radius 3 is 1.45 bits per heavy atom. The average Bonchev–Trinajstić information content (AvgIpc) is 2.45. The van der Waals surface area contributed by atoms with Crippen molar-refractivity contribution in [2.45, 2.75) is 27.2 Å². The van der Waals surface area contributed by atoms with Gasteiger partial charge in [-0.15, -0.1) is 0 Å². The minimum Gasteiger partial charge on any atom is -0.379 e. The van der Waals surface area contributed by atoms with Crippen LogP contribution in [-0.2, 0) is 23.7 Å². The van der Waals surface area contributed by atoms with E-state index in [0.717, 1.165) is 13.0 Å². The van der Waals surface area contributed by atoms with Crippen molar-refractivity contribution in [3.63, 3.8) is 0 Å². The van der Waals surface area contributed by atoms with Crippen molar-refractivity contribution in [1.82, 2.24) is 0 Å². The topological polar surface area (TPSA) is 72.2 Å². The van der Waals surface area contributed by atoms with Gasteiger partial charge in [-0.3, -0.25) is 0 Å². The lowest BCUT2D eigenvalue weighted by Crippen LogP contribution is -2.17. The van der Waals surface area contributed by atoms with Crippen LogP contribution in [0.5, 0.6) is 0 Å². The number of rotatable bonds is 16.